The molecule has 0 aromatic heterocycles. The second kappa shape index (κ2) is 7.29. The molecular weight excluding hydrogens is 254 g/mol. The van der Waals surface area contributed by atoms with Crippen molar-refractivity contribution in [3.63, 3.8) is 0 Å². The topological polar surface area (TPSA) is 47.6 Å². The summed E-state index contributed by atoms with van der Waals surface area (Å²) in [6.07, 6.45) is 4.62. The summed E-state index contributed by atoms with van der Waals surface area (Å²) in [4.78, 5) is 11.0. The molecule has 2 rings (SSSR count). The maximum atomic E-state index is 11.0. The molecule has 0 saturated heterocycles. The third kappa shape index (κ3) is 3.73. The van der Waals surface area contributed by atoms with Crippen LogP contribution in [0.1, 0.15) is 42.9 Å². The SMILES string of the molecule is CNC1CCCc2cc(OCCCC(=O)OC)ccc21. The van der Waals surface area contributed by atoms with Crippen molar-refractivity contribution in [3.8, 4) is 5.75 Å². The number of fused-ring (bicyclic) bond motifs is 1. The standard InChI is InChI=1S/C16H23NO3/c1-17-15-6-3-5-12-11-13(8-9-14(12)15)20-10-4-7-16(18)19-2/h8-9,11,15,17H,3-7,10H2,1-2H3. The number of carbonyl (C=O) groups excluding carboxylic acids is 1. The van der Waals surface area contributed by atoms with Crippen molar-refractivity contribution in [1.29, 1.82) is 0 Å². The number of benzene rings is 1. The Balaban J connectivity index is 1.89. The number of nitrogens with one attached hydrogen (secondary N) is 1. The molecular formula is C16H23NO3. The predicted octanol–water partition coefficient (Wildman–Crippen LogP) is 2.62. The Morgan fingerprint density at radius 1 is 1.45 bits per heavy atom. The second-order valence-corrected chi connectivity index (χ2v) is 5.12. The molecule has 0 saturated carbocycles. The monoisotopic (exact) mass is 277 g/mol. The molecule has 1 aliphatic carbocycles. The average Bonchev–Trinajstić information content (AvgIpc) is 2.50. The molecule has 0 bridgehead atoms. The van der Waals surface area contributed by atoms with Gasteiger partial charge in [0.05, 0.1) is 13.7 Å². The van der Waals surface area contributed by atoms with Crippen molar-refractivity contribution in [2.24, 2.45) is 0 Å². The van der Waals surface area contributed by atoms with Gasteiger partial charge in [-0.2, -0.15) is 0 Å². The molecule has 20 heavy (non-hydrogen) atoms. The normalized spacial score (nSPS) is 17.4. The van der Waals surface area contributed by atoms with Crippen LogP contribution in [0.5, 0.6) is 5.75 Å². The summed E-state index contributed by atoms with van der Waals surface area (Å²) in [7, 11) is 3.42. The first kappa shape index (κ1) is 14.9. The number of carbonyl (C=O) groups is 1. The average molecular weight is 277 g/mol. The van der Waals surface area contributed by atoms with Gasteiger partial charge in [-0.1, -0.05) is 6.07 Å². The van der Waals surface area contributed by atoms with Crippen LogP contribution in [-0.4, -0.2) is 26.7 Å². The molecule has 1 N–H and O–H groups in total. The minimum absolute atomic E-state index is 0.184. The molecule has 4 heteroatoms. The molecule has 0 spiro atoms. The van der Waals surface area contributed by atoms with Crippen LogP contribution in [0.3, 0.4) is 0 Å². The van der Waals surface area contributed by atoms with E-state index in [4.69, 9.17) is 4.74 Å². The highest BCUT2D eigenvalue weighted by Crippen LogP contribution is 2.31. The molecule has 110 valence electrons. The van der Waals surface area contributed by atoms with Gasteiger partial charge in [0.1, 0.15) is 5.75 Å². The van der Waals surface area contributed by atoms with E-state index in [9.17, 15) is 4.79 Å². The van der Waals surface area contributed by atoms with Gasteiger partial charge in [0.25, 0.3) is 0 Å². The Morgan fingerprint density at radius 3 is 3.05 bits per heavy atom. The van der Waals surface area contributed by atoms with Crippen LogP contribution in [-0.2, 0) is 16.0 Å². The quantitative estimate of drug-likeness (QED) is 0.641. The Kier molecular flexibility index (Phi) is 5.41. The van der Waals surface area contributed by atoms with Gasteiger partial charge in [-0.05, 0) is 56.0 Å². The lowest BCUT2D eigenvalue weighted by Gasteiger charge is -2.25. The molecule has 1 aromatic carbocycles. The first-order valence-electron chi connectivity index (χ1n) is 7.24. The number of rotatable bonds is 6. The molecule has 1 atom stereocenters. The molecule has 1 aromatic rings. The Labute approximate surface area is 120 Å². The lowest BCUT2D eigenvalue weighted by atomic mass is 9.87. The van der Waals surface area contributed by atoms with Crippen molar-refractivity contribution in [3.05, 3.63) is 29.3 Å². The van der Waals surface area contributed by atoms with Crippen LogP contribution < -0.4 is 10.1 Å². The van der Waals surface area contributed by atoms with Gasteiger partial charge in [-0.15, -0.1) is 0 Å². The van der Waals surface area contributed by atoms with E-state index >= 15 is 0 Å². The number of methoxy groups -OCH3 is 1. The maximum Gasteiger partial charge on any atom is 0.305 e. The molecule has 1 aliphatic rings. The molecule has 0 radical (unpaired) electrons. The Morgan fingerprint density at radius 2 is 2.30 bits per heavy atom. The van der Waals surface area contributed by atoms with Gasteiger partial charge in [-0.3, -0.25) is 4.79 Å². The maximum absolute atomic E-state index is 11.0. The van der Waals surface area contributed by atoms with Crippen molar-refractivity contribution < 1.29 is 14.3 Å². The van der Waals surface area contributed by atoms with E-state index in [1.807, 2.05) is 13.1 Å². The van der Waals surface area contributed by atoms with Gasteiger partial charge in [0, 0.05) is 12.5 Å². The predicted molar refractivity (Wildman–Crippen MR) is 77.9 cm³/mol. The van der Waals surface area contributed by atoms with E-state index in [2.05, 4.69) is 22.2 Å². The number of ether oxygens (including phenoxy) is 2. The van der Waals surface area contributed by atoms with E-state index in [0.29, 0.717) is 25.5 Å². The summed E-state index contributed by atoms with van der Waals surface area (Å²) < 4.78 is 10.3. The van der Waals surface area contributed by atoms with E-state index in [-0.39, 0.29) is 5.97 Å². The highest BCUT2D eigenvalue weighted by atomic mass is 16.5. The van der Waals surface area contributed by atoms with Crippen molar-refractivity contribution in [2.75, 3.05) is 20.8 Å². The zero-order chi connectivity index (χ0) is 14.4. The Hall–Kier alpha value is -1.55. The molecule has 0 fully saturated rings. The van der Waals surface area contributed by atoms with Crippen molar-refractivity contribution >= 4 is 5.97 Å². The zero-order valence-corrected chi connectivity index (χ0v) is 12.3. The van der Waals surface area contributed by atoms with Gasteiger partial charge in [-0.25, -0.2) is 0 Å². The van der Waals surface area contributed by atoms with Crippen LogP contribution in [0.4, 0.5) is 0 Å². The second-order valence-electron chi connectivity index (χ2n) is 5.12. The van der Waals surface area contributed by atoms with Crippen molar-refractivity contribution in [2.45, 2.75) is 38.1 Å². The molecule has 0 amide bonds. The van der Waals surface area contributed by atoms with Gasteiger partial charge >= 0.3 is 5.97 Å². The minimum Gasteiger partial charge on any atom is -0.494 e. The highest BCUT2D eigenvalue weighted by Gasteiger charge is 2.18. The zero-order valence-electron chi connectivity index (χ0n) is 12.3. The first-order valence-corrected chi connectivity index (χ1v) is 7.24. The summed E-state index contributed by atoms with van der Waals surface area (Å²) in [5, 5.41) is 3.36. The fourth-order valence-corrected chi connectivity index (χ4v) is 2.69. The lowest BCUT2D eigenvalue weighted by molar-refractivity contribution is -0.140. The first-order chi connectivity index (χ1) is 9.74. The van der Waals surface area contributed by atoms with Crippen LogP contribution >= 0.6 is 0 Å². The Bertz CT molecular complexity index is 459. The van der Waals surface area contributed by atoms with Gasteiger partial charge < -0.3 is 14.8 Å². The number of aryl methyl sites for hydroxylation is 1. The summed E-state index contributed by atoms with van der Waals surface area (Å²) in [5.74, 6) is 0.710. The van der Waals surface area contributed by atoms with Crippen LogP contribution in [0.25, 0.3) is 0 Å². The number of hydrogen-bond donors (Lipinski definition) is 1. The van der Waals surface area contributed by atoms with Crippen LogP contribution in [0.15, 0.2) is 18.2 Å². The highest BCUT2D eigenvalue weighted by molar-refractivity contribution is 5.69. The smallest absolute Gasteiger partial charge is 0.305 e. The molecule has 0 aliphatic heterocycles. The van der Waals surface area contributed by atoms with Gasteiger partial charge in [0.15, 0.2) is 0 Å². The van der Waals surface area contributed by atoms with E-state index < -0.39 is 0 Å². The van der Waals surface area contributed by atoms with Crippen molar-refractivity contribution in [1.82, 2.24) is 5.32 Å². The fourth-order valence-electron chi connectivity index (χ4n) is 2.69. The summed E-state index contributed by atoms with van der Waals surface area (Å²) in [5.41, 5.74) is 2.77. The van der Waals surface area contributed by atoms with Crippen LogP contribution in [0, 0.1) is 0 Å². The molecule has 1 unspecified atom stereocenters. The fraction of sp³-hybridized carbons (Fsp3) is 0.562. The molecule has 0 heterocycles. The largest absolute Gasteiger partial charge is 0.494 e. The van der Waals surface area contributed by atoms with E-state index in [1.165, 1.54) is 31.1 Å². The third-order valence-electron chi connectivity index (χ3n) is 3.80. The summed E-state index contributed by atoms with van der Waals surface area (Å²) in [6.45, 7) is 0.545. The van der Waals surface area contributed by atoms with Crippen LogP contribution in [0.2, 0.25) is 0 Å². The van der Waals surface area contributed by atoms with E-state index in [1.54, 1.807) is 0 Å². The number of esters is 1. The molecule has 4 nitrogen and oxygen atoms in total. The third-order valence-corrected chi connectivity index (χ3v) is 3.80. The summed E-state index contributed by atoms with van der Waals surface area (Å²) in [6, 6.07) is 6.78. The lowest BCUT2D eigenvalue weighted by Crippen LogP contribution is -2.21. The summed E-state index contributed by atoms with van der Waals surface area (Å²) >= 11 is 0. The van der Waals surface area contributed by atoms with E-state index in [0.717, 1.165) is 12.2 Å². The number of hydrogen-bond acceptors (Lipinski definition) is 4. The minimum atomic E-state index is -0.184. The van der Waals surface area contributed by atoms with Gasteiger partial charge in [0.2, 0.25) is 0 Å².